The summed E-state index contributed by atoms with van der Waals surface area (Å²) in [6, 6.07) is -0.177. The van der Waals surface area contributed by atoms with E-state index in [2.05, 4.69) is 26.1 Å². The Morgan fingerprint density at radius 1 is 1.38 bits per heavy atom. The van der Waals surface area contributed by atoms with Gasteiger partial charge in [-0.2, -0.15) is 0 Å². The molecule has 0 saturated carbocycles. The summed E-state index contributed by atoms with van der Waals surface area (Å²) >= 11 is 0. The average molecular weight is 186 g/mol. The highest BCUT2D eigenvalue weighted by atomic mass is 16.1. The van der Waals surface area contributed by atoms with Gasteiger partial charge in [0.05, 0.1) is 6.04 Å². The predicted molar refractivity (Wildman–Crippen MR) is 55.3 cm³/mol. The van der Waals surface area contributed by atoms with Crippen molar-refractivity contribution in [1.82, 2.24) is 5.32 Å². The molecule has 78 valence electrons. The van der Waals surface area contributed by atoms with Crippen molar-refractivity contribution in [1.29, 1.82) is 0 Å². The van der Waals surface area contributed by atoms with Crippen molar-refractivity contribution >= 4 is 5.91 Å². The Hall–Kier alpha value is -0.570. The summed E-state index contributed by atoms with van der Waals surface area (Å²) in [7, 11) is 1.78. The van der Waals surface area contributed by atoms with Crippen molar-refractivity contribution in [3.63, 3.8) is 0 Å². The smallest absolute Gasteiger partial charge is 0.234 e. The summed E-state index contributed by atoms with van der Waals surface area (Å²) in [5, 5.41) is 2.94. The number of amides is 1. The van der Waals surface area contributed by atoms with Crippen LogP contribution in [0.5, 0.6) is 0 Å². The molecule has 0 aromatic heterocycles. The molecule has 0 rings (SSSR count). The average Bonchev–Trinajstić information content (AvgIpc) is 2.11. The van der Waals surface area contributed by atoms with Crippen LogP contribution in [0, 0.1) is 11.8 Å². The van der Waals surface area contributed by atoms with E-state index in [1.54, 1.807) is 7.05 Å². The van der Waals surface area contributed by atoms with Crippen LogP contribution < -0.4 is 11.1 Å². The predicted octanol–water partition coefficient (Wildman–Crippen LogP) is 1.13. The number of hydrogen-bond acceptors (Lipinski definition) is 2. The van der Waals surface area contributed by atoms with Gasteiger partial charge in [0, 0.05) is 0 Å². The molecule has 0 saturated heterocycles. The molecule has 3 N–H and O–H groups in total. The number of carbonyl (C=O) groups is 1. The van der Waals surface area contributed by atoms with Crippen LogP contribution in [0.25, 0.3) is 0 Å². The van der Waals surface area contributed by atoms with E-state index in [4.69, 9.17) is 5.73 Å². The molecule has 0 bridgehead atoms. The third-order valence-corrected chi connectivity index (χ3v) is 2.91. The number of primary amides is 1. The summed E-state index contributed by atoms with van der Waals surface area (Å²) < 4.78 is 0. The minimum absolute atomic E-state index is 0.177. The fraction of sp³-hybridized carbons (Fsp3) is 0.900. The first-order valence-corrected chi connectivity index (χ1v) is 4.99. The Morgan fingerprint density at radius 3 is 2.23 bits per heavy atom. The molecule has 13 heavy (non-hydrogen) atoms. The minimum atomic E-state index is -0.252. The Kier molecular flexibility index (Phi) is 5.71. The Morgan fingerprint density at radius 2 is 1.92 bits per heavy atom. The lowest BCUT2D eigenvalue weighted by Crippen LogP contribution is -2.40. The third kappa shape index (κ3) is 4.27. The highest BCUT2D eigenvalue weighted by Crippen LogP contribution is 2.19. The Balaban J connectivity index is 4.00. The van der Waals surface area contributed by atoms with E-state index in [-0.39, 0.29) is 11.9 Å². The second-order valence-corrected chi connectivity index (χ2v) is 3.84. The number of rotatable bonds is 6. The normalized spacial score (nSPS) is 17.8. The van der Waals surface area contributed by atoms with Gasteiger partial charge >= 0.3 is 0 Å². The van der Waals surface area contributed by atoms with E-state index >= 15 is 0 Å². The van der Waals surface area contributed by atoms with Crippen LogP contribution in [0.2, 0.25) is 0 Å². The molecular formula is C10H22N2O. The standard InChI is InChI=1S/C10H22N2O/c1-5-7(2)8(3)6-9(12-4)10(11)13/h7-9,12H,5-6H2,1-4H3,(H2,11,13). The largest absolute Gasteiger partial charge is 0.368 e. The molecule has 0 heterocycles. The fourth-order valence-corrected chi connectivity index (χ4v) is 1.38. The van der Waals surface area contributed by atoms with Gasteiger partial charge in [0.2, 0.25) is 5.91 Å². The summed E-state index contributed by atoms with van der Waals surface area (Å²) in [4.78, 5) is 10.9. The van der Waals surface area contributed by atoms with E-state index in [0.29, 0.717) is 11.8 Å². The first kappa shape index (κ1) is 12.4. The van der Waals surface area contributed by atoms with Crippen molar-refractivity contribution in [3.8, 4) is 0 Å². The molecule has 1 amide bonds. The number of nitrogens with two attached hydrogens (primary N) is 1. The zero-order valence-corrected chi connectivity index (χ0v) is 9.13. The molecular weight excluding hydrogens is 164 g/mol. The van der Waals surface area contributed by atoms with Gasteiger partial charge in [-0.15, -0.1) is 0 Å². The summed E-state index contributed by atoms with van der Waals surface area (Å²) in [5.74, 6) is 0.933. The van der Waals surface area contributed by atoms with Crippen LogP contribution in [-0.4, -0.2) is 19.0 Å². The molecule has 3 nitrogen and oxygen atoms in total. The second kappa shape index (κ2) is 5.97. The maximum Gasteiger partial charge on any atom is 0.234 e. The lowest BCUT2D eigenvalue weighted by molar-refractivity contribution is -0.120. The van der Waals surface area contributed by atoms with Gasteiger partial charge in [-0.1, -0.05) is 27.2 Å². The van der Waals surface area contributed by atoms with Gasteiger partial charge in [0.25, 0.3) is 0 Å². The molecule has 3 heteroatoms. The topological polar surface area (TPSA) is 55.1 Å². The SMILES string of the molecule is CCC(C)C(C)CC(NC)C(N)=O. The number of likely N-dealkylation sites (N-methyl/N-ethyl adjacent to an activating group) is 1. The van der Waals surface area contributed by atoms with Crippen LogP contribution in [0.3, 0.4) is 0 Å². The van der Waals surface area contributed by atoms with E-state index in [1.807, 2.05) is 0 Å². The lowest BCUT2D eigenvalue weighted by atomic mass is 9.88. The quantitative estimate of drug-likeness (QED) is 0.653. The molecule has 3 atom stereocenters. The zero-order valence-electron chi connectivity index (χ0n) is 9.13. The van der Waals surface area contributed by atoms with Crippen LogP contribution in [0.4, 0.5) is 0 Å². The van der Waals surface area contributed by atoms with Crippen LogP contribution >= 0.6 is 0 Å². The van der Waals surface area contributed by atoms with Crippen molar-refractivity contribution in [2.45, 2.75) is 39.7 Å². The summed E-state index contributed by atoms with van der Waals surface area (Å²) in [5.41, 5.74) is 5.24. The molecule has 0 aliphatic heterocycles. The van der Waals surface area contributed by atoms with Crippen molar-refractivity contribution in [2.24, 2.45) is 17.6 Å². The summed E-state index contributed by atoms with van der Waals surface area (Å²) in [6.45, 7) is 6.54. The lowest BCUT2D eigenvalue weighted by Gasteiger charge is -2.22. The van der Waals surface area contributed by atoms with Gasteiger partial charge in [0.1, 0.15) is 0 Å². The molecule has 0 aliphatic carbocycles. The number of nitrogens with one attached hydrogen (secondary N) is 1. The van der Waals surface area contributed by atoms with Crippen LogP contribution in [-0.2, 0) is 4.79 Å². The number of carbonyl (C=O) groups excluding carboxylic acids is 1. The van der Waals surface area contributed by atoms with Crippen LogP contribution in [0.15, 0.2) is 0 Å². The molecule has 0 aromatic carbocycles. The van der Waals surface area contributed by atoms with E-state index in [9.17, 15) is 4.79 Å². The molecule has 0 spiro atoms. The third-order valence-electron chi connectivity index (χ3n) is 2.91. The highest BCUT2D eigenvalue weighted by molar-refractivity contribution is 5.79. The highest BCUT2D eigenvalue weighted by Gasteiger charge is 2.19. The maximum absolute atomic E-state index is 10.9. The second-order valence-electron chi connectivity index (χ2n) is 3.84. The fourth-order valence-electron chi connectivity index (χ4n) is 1.38. The molecule has 0 radical (unpaired) electrons. The van der Waals surface area contributed by atoms with E-state index in [0.717, 1.165) is 12.8 Å². The van der Waals surface area contributed by atoms with Gasteiger partial charge in [-0.05, 0) is 25.3 Å². The van der Waals surface area contributed by atoms with Crippen molar-refractivity contribution in [2.75, 3.05) is 7.05 Å². The minimum Gasteiger partial charge on any atom is -0.368 e. The summed E-state index contributed by atoms with van der Waals surface area (Å²) in [6.07, 6.45) is 1.98. The Labute approximate surface area is 81.1 Å². The first-order chi connectivity index (χ1) is 6.02. The van der Waals surface area contributed by atoms with E-state index in [1.165, 1.54) is 0 Å². The molecule has 0 fully saturated rings. The monoisotopic (exact) mass is 186 g/mol. The van der Waals surface area contributed by atoms with Crippen molar-refractivity contribution in [3.05, 3.63) is 0 Å². The zero-order chi connectivity index (χ0) is 10.4. The van der Waals surface area contributed by atoms with Gasteiger partial charge in [0.15, 0.2) is 0 Å². The van der Waals surface area contributed by atoms with Gasteiger partial charge in [-0.25, -0.2) is 0 Å². The van der Waals surface area contributed by atoms with Gasteiger partial charge < -0.3 is 11.1 Å². The van der Waals surface area contributed by atoms with Gasteiger partial charge in [-0.3, -0.25) is 4.79 Å². The van der Waals surface area contributed by atoms with Crippen molar-refractivity contribution < 1.29 is 4.79 Å². The molecule has 3 unspecified atom stereocenters. The Bertz CT molecular complexity index is 159. The van der Waals surface area contributed by atoms with Crippen LogP contribution in [0.1, 0.15) is 33.6 Å². The molecule has 0 aromatic rings. The molecule has 0 aliphatic rings. The van der Waals surface area contributed by atoms with E-state index < -0.39 is 0 Å². The first-order valence-electron chi connectivity index (χ1n) is 4.99. The number of hydrogen-bond donors (Lipinski definition) is 2. The maximum atomic E-state index is 10.9.